The fraction of sp³-hybridized carbons (Fsp3) is 0.684. The minimum absolute atomic E-state index is 0.562. The summed E-state index contributed by atoms with van der Waals surface area (Å²) < 4.78 is 0. The average Bonchev–Trinajstić information content (AvgIpc) is 2.96. The van der Waals surface area contributed by atoms with E-state index in [9.17, 15) is 0 Å². The minimum Gasteiger partial charge on any atom is -0.316 e. The first kappa shape index (κ1) is 13.8. The third-order valence-corrected chi connectivity index (χ3v) is 6.41. The van der Waals surface area contributed by atoms with E-state index in [4.69, 9.17) is 0 Å². The van der Waals surface area contributed by atoms with Crippen LogP contribution in [0.2, 0.25) is 0 Å². The largest absolute Gasteiger partial charge is 0.316 e. The molecule has 0 aliphatic carbocycles. The molecule has 0 bridgehead atoms. The van der Waals surface area contributed by atoms with E-state index in [2.05, 4.69) is 41.4 Å². The molecule has 3 fully saturated rings. The van der Waals surface area contributed by atoms with Crippen LogP contribution >= 0.6 is 0 Å². The van der Waals surface area contributed by atoms with E-state index < -0.39 is 0 Å². The average molecular weight is 284 g/mol. The molecule has 4 rings (SSSR count). The van der Waals surface area contributed by atoms with E-state index in [0.717, 1.165) is 12.0 Å². The Labute approximate surface area is 128 Å². The van der Waals surface area contributed by atoms with Crippen LogP contribution in [0.5, 0.6) is 0 Å². The van der Waals surface area contributed by atoms with Crippen molar-refractivity contribution in [2.75, 3.05) is 26.2 Å². The van der Waals surface area contributed by atoms with Crippen LogP contribution < -0.4 is 5.32 Å². The van der Waals surface area contributed by atoms with Gasteiger partial charge in [0.05, 0.1) is 0 Å². The van der Waals surface area contributed by atoms with Crippen molar-refractivity contribution in [3.05, 3.63) is 35.4 Å². The van der Waals surface area contributed by atoms with Crippen LogP contribution in [0.3, 0.4) is 0 Å². The summed E-state index contributed by atoms with van der Waals surface area (Å²) in [5, 5.41) is 3.67. The maximum absolute atomic E-state index is 3.67. The number of piperidine rings is 2. The summed E-state index contributed by atoms with van der Waals surface area (Å²) >= 11 is 0. The third-order valence-electron chi connectivity index (χ3n) is 6.41. The molecule has 3 heterocycles. The Balaban J connectivity index is 1.63. The molecule has 2 nitrogen and oxygen atoms in total. The van der Waals surface area contributed by atoms with Crippen LogP contribution in [0.25, 0.3) is 0 Å². The van der Waals surface area contributed by atoms with Gasteiger partial charge in [-0.25, -0.2) is 0 Å². The maximum atomic E-state index is 3.67. The summed E-state index contributed by atoms with van der Waals surface area (Å²) in [6, 6.07) is 10.2. The van der Waals surface area contributed by atoms with Gasteiger partial charge in [-0.05, 0) is 69.6 Å². The molecule has 1 N–H and O–H groups in total. The lowest BCUT2D eigenvalue weighted by atomic mass is 9.61. The van der Waals surface area contributed by atoms with Crippen molar-refractivity contribution in [3.63, 3.8) is 0 Å². The van der Waals surface area contributed by atoms with Gasteiger partial charge in [0, 0.05) is 18.5 Å². The number of aryl methyl sites for hydroxylation is 1. The zero-order valence-electron chi connectivity index (χ0n) is 13.3. The Bertz CT molecular complexity index is 495. The van der Waals surface area contributed by atoms with Gasteiger partial charge in [0.15, 0.2) is 0 Å². The quantitative estimate of drug-likeness (QED) is 0.851. The number of nitrogens with zero attached hydrogens (tertiary/aromatic N) is 1. The standard InChI is InChI=1S/C19H28N2/c1-15-4-6-16(7-5-15)18-14-20-10-8-19(18)9-12-21-11-2-3-17(21)13-19/h4-7,17-18,20H,2-3,8-14H2,1H3. The van der Waals surface area contributed by atoms with Gasteiger partial charge in [-0.3, -0.25) is 0 Å². The number of hydrogen-bond donors (Lipinski definition) is 1. The third kappa shape index (κ3) is 2.43. The maximum Gasteiger partial charge on any atom is 0.0101 e. The van der Waals surface area contributed by atoms with Crippen molar-refractivity contribution in [1.82, 2.24) is 10.2 Å². The molecule has 1 aromatic carbocycles. The first-order valence-electron chi connectivity index (χ1n) is 8.78. The molecule has 21 heavy (non-hydrogen) atoms. The lowest BCUT2D eigenvalue weighted by Gasteiger charge is -2.51. The molecular weight excluding hydrogens is 256 g/mol. The predicted octanol–water partition coefficient (Wildman–Crippen LogP) is 3.32. The Morgan fingerprint density at radius 2 is 2.00 bits per heavy atom. The molecule has 0 aromatic heterocycles. The fourth-order valence-corrected chi connectivity index (χ4v) is 5.15. The summed E-state index contributed by atoms with van der Waals surface area (Å²) in [5.41, 5.74) is 3.51. The molecular formula is C19H28N2. The van der Waals surface area contributed by atoms with Crippen molar-refractivity contribution in [2.24, 2.45) is 5.41 Å². The van der Waals surface area contributed by atoms with Crippen LogP contribution in [-0.2, 0) is 0 Å². The second-order valence-corrected chi connectivity index (χ2v) is 7.57. The van der Waals surface area contributed by atoms with Crippen LogP contribution in [0.15, 0.2) is 24.3 Å². The Morgan fingerprint density at radius 1 is 1.14 bits per heavy atom. The Morgan fingerprint density at radius 3 is 2.86 bits per heavy atom. The normalized spacial score (nSPS) is 36.8. The number of fused-ring (bicyclic) bond motifs is 1. The molecule has 3 atom stereocenters. The summed E-state index contributed by atoms with van der Waals surface area (Å²) in [4.78, 5) is 2.76. The van der Waals surface area contributed by atoms with E-state index >= 15 is 0 Å². The van der Waals surface area contributed by atoms with Crippen molar-refractivity contribution in [3.8, 4) is 0 Å². The van der Waals surface area contributed by atoms with Crippen molar-refractivity contribution >= 4 is 0 Å². The molecule has 1 aromatic rings. The molecule has 3 saturated heterocycles. The zero-order chi connectivity index (χ0) is 14.3. The van der Waals surface area contributed by atoms with Crippen molar-refractivity contribution in [1.29, 1.82) is 0 Å². The summed E-state index contributed by atoms with van der Waals surface area (Å²) in [6.45, 7) is 7.28. The van der Waals surface area contributed by atoms with Crippen molar-refractivity contribution in [2.45, 2.75) is 51.0 Å². The van der Waals surface area contributed by atoms with E-state index in [1.54, 1.807) is 5.56 Å². The number of hydrogen-bond acceptors (Lipinski definition) is 2. The van der Waals surface area contributed by atoms with E-state index in [0.29, 0.717) is 5.41 Å². The van der Waals surface area contributed by atoms with E-state index in [1.165, 1.54) is 63.8 Å². The molecule has 1 spiro atoms. The van der Waals surface area contributed by atoms with Crippen LogP contribution in [0.4, 0.5) is 0 Å². The molecule has 114 valence electrons. The van der Waals surface area contributed by atoms with Gasteiger partial charge in [-0.15, -0.1) is 0 Å². The molecule has 0 amide bonds. The highest BCUT2D eigenvalue weighted by Gasteiger charge is 2.47. The Hall–Kier alpha value is -0.860. The smallest absolute Gasteiger partial charge is 0.0101 e. The van der Waals surface area contributed by atoms with Crippen molar-refractivity contribution < 1.29 is 0 Å². The SMILES string of the molecule is Cc1ccc(C2CNCCC23CCN2CCCC2C3)cc1. The minimum atomic E-state index is 0.562. The molecule has 3 unspecified atom stereocenters. The van der Waals surface area contributed by atoms with Gasteiger partial charge in [-0.2, -0.15) is 0 Å². The topological polar surface area (TPSA) is 15.3 Å². The summed E-state index contributed by atoms with van der Waals surface area (Å²) in [6.07, 6.45) is 7.08. The van der Waals surface area contributed by atoms with Crippen LogP contribution in [-0.4, -0.2) is 37.1 Å². The monoisotopic (exact) mass is 284 g/mol. The Kier molecular flexibility index (Phi) is 3.55. The second-order valence-electron chi connectivity index (χ2n) is 7.57. The first-order chi connectivity index (χ1) is 10.3. The number of benzene rings is 1. The lowest BCUT2D eigenvalue weighted by molar-refractivity contribution is 0.0319. The first-order valence-corrected chi connectivity index (χ1v) is 8.78. The predicted molar refractivity (Wildman–Crippen MR) is 87.7 cm³/mol. The second kappa shape index (κ2) is 5.40. The highest BCUT2D eigenvalue weighted by Crippen LogP contribution is 2.51. The van der Waals surface area contributed by atoms with Crippen LogP contribution in [0, 0.1) is 12.3 Å². The molecule has 0 saturated carbocycles. The van der Waals surface area contributed by atoms with Gasteiger partial charge in [0.1, 0.15) is 0 Å². The highest BCUT2D eigenvalue weighted by atomic mass is 15.2. The zero-order valence-corrected chi connectivity index (χ0v) is 13.3. The summed E-state index contributed by atoms with van der Waals surface area (Å²) in [5.74, 6) is 0.717. The number of nitrogens with one attached hydrogen (secondary N) is 1. The molecule has 2 heteroatoms. The molecule has 0 radical (unpaired) electrons. The number of rotatable bonds is 1. The highest BCUT2D eigenvalue weighted by molar-refractivity contribution is 5.28. The van der Waals surface area contributed by atoms with Gasteiger partial charge < -0.3 is 10.2 Å². The van der Waals surface area contributed by atoms with Gasteiger partial charge in [-0.1, -0.05) is 29.8 Å². The summed E-state index contributed by atoms with van der Waals surface area (Å²) in [7, 11) is 0. The van der Waals surface area contributed by atoms with E-state index in [1.807, 2.05) is 0 Å². The van der Waals surface area contributed by atoms with Gasteiger partial charge >= 0.3 is 0 Å². The van der Waals surface area contributed by atoms with Crippen LogP contribution in [0.1, 0.15) is 49.1 Å². The lowest BCUT2D eigenvalue weighted by Crippen LogP contribution is -2.52. The molecule has 3 aliphatic heterocycles. The van der Waals surface area contributed by atoms with Gasteiger partial charge in [0.2, 0.25) is 0 Å². The fourth-order valence-electron chi connectivity index (χ4n) is 5.15. The van der Waals surface area contributed by atoms with Gasteiger partial charge in [0.25, 0.3) is 0 Å². The molecule has 3 aliphatic rings. The van der Waals surface area contributed by atoms with E-state index in [-0.39, 0.29) is 0 Å².